The molecule has 0 unspecified atom stereocenters. The lowest BCUT2D eigenvalue weighted by Crippen LogP contribution is -2.03. The van der Waals surface area contributed by atoms with Crippen LogP contribution in [-0.4, -0.2) is 9.55 Å². The Morgan fingerprint density at radius 2 is 1.83 bits per heavy atom. The summed E-state index contributed by atoms with van der Waals surface area (Å²) in [7, 11) is 0. The van der Waals surface area contributed by atoms with Gasteiger partial charge in [-0.1, -0.05) is 67.3 Å². The van der Waals surface area contributed by atoms with Crippen LogP contribution in [0.25, 0.3) is 81.8 Å². The van der Waals surface area contributed by atoms with E-state index in [1.807, 2.05) is 41.7 Å². The van der Waals surface area contributed by atoms with Crippen LogP contribution in [0.15, 0.2) is 100 Å². The zero-order chi connectivity index (χ0) is 27.2. The fourth-order valence-electron chi connectivity index (χ4n) is 6.54. The molecule has 5 heteroatoms. The van der Waals surface area contributed by atoms with E-state index in [1.54, 1.807) is 0 Å². The highest BCUT2D eigenvalue weighted by Gasteiger charge is 2.25. The zero-order valence-electron chi connectivity index (χ0n) is 22.4. The van der Waals surface area contributed by atoms with Gasteiger partial charge < -0.3 is 8.83 Å². The lowest BCUT2D eigenvalue weighted by Gasteiger charge is -2.09. The first-order valence-electron chi connectivity index (χ1n) is 13.9. The van der Waals surface area contributed by atoms with Gasteiger partial charge in [-0.05, 0) is 61.2 Å². The van der Waals surface area contributed by atoms with E-state index in [-0.39, 0.29) is 0 Å². The lowest BCUT2D eigenvalue weighted by atomic mass is 10.0. The summed E-state index contributed by atoms with van der Waals surface area (Å²) in [5.41, 5.74) is 9.17. The van der Waals surface area contributed by atoms with Gasteiger partial charge >= 0.3 is 6.01 Å². The minimum atomic E-state index is 0.604. The molecule has 4 nitrogen and oxygen atoms in total. The Bertz CT molecular complexity index is 2460. The third kappa shape index (κ3) is 3.12. The molecule has 1 aliphatic rings. The van der Waals surface area contributed by atoms with E-state index in [2.05, 4.69) is 78.8 Å². The SMILES string of the molecule is C=C/C=C(\C)c1ccc2oc3ccc4nc(-n5c6c(c7ccc8c9ccccc9sc8c75)C=CCC6)oc4c3c2c1. The summed E-state index contributed by atoms with van der Waals surface area (Å²) in [5.74, 6) is 0. The van der Waals surface area contributed by atoms with Crippen LogP contribution in [0.4, 0.5) is 0 Å². The van der Waals surface area contributed by atoms with Gasteiger partial charge in [0, 0.05) is 37.5 Å². The Labute approximate surface area is 239 Å². The summed E-state index contributed by atoms with van der Waals surface area (Å²) < 4.78 is 17.9. The number of nitrogens with zero attached hydrogens (tertiary/aromatic N) is 2. The predicted octanol–water partition coefficient (Wildman–Crippen LogP) is 10.6. The van der Waals surface area contributed by atoms with Crippen molar-refractivity contribution in [2.24, 2.45) is 0 Å². The lowest BCUT2D eigenvalue weighted by molar-refractivity contribution is 0.565. The van der Waals surface area contributed by atoms with Gasteiger partial charge in [0.25, 0.3) is 0 Å². The van der Waals surface area contributed by atoms with Gasteiger partial charge in [0.1, 0.15) is 16.7 Å². The van der Waals surface area contributed by atoms with Gasteiger partial charge in [-0.2, -0.15) is 4.98 Å². The Morgan fingerprint density at radius 3 is 2.76 bits per heavy atom. The molecular weight excluding hydrogens is 524 g/mol. The highest BCUT2D eigenvalue weighted by molar-refractivity contribution is 7.26. The molecule has 0 saturated heterocycles. The molecule has 4 aromatic carbocycles. The van der Waals surface area contributed by atoms with Crippen molar-refractivity contribution in [1.82, 2.24) is 9.55 Å². The van der Waals surface area contributed by atoms with Crippen LogP contribution < -0.4 is 0 Å². The molecular formula is C36H24N2O2S. The molecule has 0 spiro atoms. The molecule has 0 amide bonds. The molecule has 0 saturated carbocycles. The largest absolute Gasteiger partial charge is 0.456 e. The highest BCUT2D eigenvalue weighted by atomic mass is 32.1. The molecule has 4 heterocycles. The normalized spacial score (nSPS) is 13.9. The Morgan fingerprint density at radius 1 is 0.951 bits per heavy atom. The number of hydrogen-bond acceptors (Lipinski definition) is 4. The molecule has 0 radical (unpaired) electrons. The number of thiophene rings is 1. The second kappa shape index (κ2) is 8.32. The third-order valence-electron chi connectivity index (χ3n) is 8.44. The molecule has 0 aliphatic heterocycles. The minimum Gasteiger partial charge on any atom is -0.456 e. The maximum absolute atomic E-state index is 6.78. The van der Waals surface area contributed by atoms with Crippen molar-refractivity contribution in [1.29, 1.82) is 0 Å². The molecule has 0 bridgehead atoms. The average Bonchev–Trinajstić information content (AvgIpc) is 3.76. The van der Waals surface area contributed by atoms with E-state index in [1.165, 1.54) is 42.3 Å². The number of benzene rings is 4. The summed E-state index contributed by atoms with van der Waals surface area (Å²) in [6.07, 6.45) is 10.3. The molecule has 196 valence electrons. The number of fused-ring (bicyclic) bond motifs is 12. The maximum Gasteiger partial charge on any atom is 0.307 e. The Hall–Kier alpha value is -4.87. The van der Waals surface area contributed by atoms with Crippen molar-refractivity contribution in [2.75, 3.05) is 0 Å². The van der Waals surface area contributed by atoms with Crippen LogP contribution in [0.1, 0.15) is 30.2 Å². The van der Waals surface area contributed by atoms with Crippen LogP contribution in [0.3, 0.4) is 0 Å². The van der Waals surface area contributed by atoms with Gasteiger partial charge in [0.2, 0.25) is 0 Å². The van der Waals surface area contributed by atoms with Crippen LogP contribution >= 0.6 is 11.3 Å². The fourth-order valence-corrected chi connectivity index (χ4v) is 7.78. The van der Waals surface area contributed by atoms with Gasteiger partial charge in [-0.25, -0.2) is 0 Å². The van der Waals surface area contributed by atoms with E-state index in [4.69, 9.17) is 13.8 Å². The first-order chi connectivity index (χ1) is 20.2. The molecule has 8 aromatic rings. The number of oxazole rings is 1. The molecule has 9 rings (SSSR count). The van der Waals surface area contributed by atoms with Crippen LogP contribution in [0, 0.1) is 0 Å². The standard InChI is InChI=1S/C36H24N2O2S/c1-3-8-20(2)21-13-17-29-26(19-21)32-30(39-29)18-16-27-34(32)40-36(37-27)38-28-11-6-4-9-22(28)24-14-15-25-23-10-5-7-12-31(23)41-35(25)33(24)38/h3-5,7-10,12-19H,1,6,11H2,2H3/b20-8+. The summed E-state index contributed by atoms with van der Waals surface area (Å²) in [6, 6.07) is 24.1. The van der Waals surface area contributed by atoms with Gasteiger partial charge in [-0.15, -0.1) is 11.3 Å². The van der Waals surface area contributed by atoms with Crippen molar-refractivity contribution in [3.63, 3.8) is 0 Å². The number of hydrogen-bond donors (Lipinski definition) is 0. The van der Waals surface area contributed by atoms with Crippen molar-refractivity contribution in [2.45, 2.75) is 19.8 Å². The first-order valence-corrected chi connectivity index (χ1v) is 14.7. The summed E-state index contributed by atoms with van der Waals surface area (Å²) in [5, 5.41) is 5.79. The van der Waals surface area contributed by atoms with Crippen molar-refractivity contribution < 1.29 is 8.83 Å². The summed E-state index contributed by atoms with van der Waals surface area (Å²) in [4.78, 5) is 5.11. The van der Waals surface area contributed by atoms with E-state index in [0.29, 0.717) is 6.01 Å². The van der Waals surface area contributed by atoms with Gasteiger partial charge in [0.15, 0.2) is 5.58 Å². The molecule has 4 aromatic heterocycles. The topological polar surface area (TPSA) is 44.1 Å². The van der Waals surface area contributed by atoms with Crippen LogP contribution in [0.2, 0.25) is 0 Å². The van der Waals surface area contributed by atoms with Crippen molar-refractivity contribution >= 4 is 87.1 Å². The summed E-state index contributed by atoms with van der Waals surface area (Å²) >= 11 is 1.84. The predicted molar refractivity (Wildman–Crippen MR) is 172 cm³/mol. The molecule has 41 heavy (non-hydrogen) atoms. The molecule has 0 fully saturated rings. The van der Waals surface area contributed by atoms with Crippen molar-refractivity contribution in [3.05, 3.63) is 108 Å². The highest BCUT2D eigenvalue weighted by Crippen LogP contribution is 2.44. The van der Waals surface area contributed by atoms with E-state index in [9.17, 15) is 0 Å². The minimum absolute atomic E-state index is 0.604. The molecule has 0 atom stereocenters. The molecule has 0 N–H and O–H groups in total. The second-order valence-electron chi connectivity index (χ2n) is 10.8. The smallest absolute Gasteiger partial charge is 0.307 e. The second-order valence-corrected chi connectivity index (χ2v) is 11.8. The molecule has 1 aliphatic carbocycles. The zero-order valence-corrected chi connectivity index (χ0v) is 23.2. The van der Waals surface area contributed by atoms with Gasteiger partial charge in [0.05, 0.1) is 15.6 Å². The summed E-state index contributed by atoms with van der Waals surface area (Å²) in [6.45, 7) is 5.95. The first kappa shape index (κ1) is 22.9. The third-order valence-corrected chi connectivity index (χ3v) is 9.63. The van der Waals surface area contributed by atoms with Crippen molar-refractivity contribution in [3.8, 4) is 6.01 Å². The Balaban J connectivity index is 1.38. The number of rotatable bonds is 3. The average molecular weight is 549 g/mol. The number of furan rings is 1. The van der Waals surface area contributed by atoms with E-state index in [0.717, 1.165) is 57.0 Å². The van der Waals surface area contributed by atoms with E-state index < -0.39 is 0 Å². The van der Waals surface area contributed by atoms with Crippen LogP contribution in [-0.2, 0) is 6.42 Å². The number of allylic oxidation sites excluding steroid dienone is 4. The maximum atomic E-state index is 6.78. The quantitative estimate of drug-likeness (QED) is 0.206. The van der Waals surface area contributed by atoms with Gasteiger partial charge in [-0.3, -0.25) is 4.57 Å². The van der Waals surface area contributed by atoms with E-state index >= 15 is 0 Å². The number of aromatic nitrogens is 2. The fraction of sp³-hybridized carbons (Fsp3) is 0.0833. The van der Waals surface area contributed by atoms with Crippen LogP contribution in [0.5, 0.6) is 0 Å². The monoisotopic (exact) mass is 548 g/mol. The Kier molecular flexibility index (Phi) is 4.65.